The molecule has 5 heteroatoms. The molecule has 76 valence electrons. The largest absolute Gasteiger partial charge is 0.464 e. The van der Waals surface area contributed by atoms with Crippen LogP contribution in [0, 0.1) is 5.92 Å². The highest BCUT2D eigenvalue weighted by atomic mass is 19.3. The molecule has 13 heavy (non-hydrogen) atoms. The van der Waals surface area contributed by atoms with Crippen molar-refractivity contribution in [2.24, 2.45) is 5.92 Å². The molecule has 0 aromatic carbocycles. The highest BCUT2D eigenvalue weighted by Crippen LogP contribution is 2.50. The lowest BCUT2D eigenvalue weighted by Crippen LogP contribution is -2.31. The average molecular weight is 194 g/mol. The van der Waals surface area contributed by atoms with Gasteiger partial charge in [0, 0.05) is 7.11 Å². The Bertz CT molecular complexity index is 208. The van der Waals surface area contributed by atoms with Gasteiger partial charge in [0.2, 0.25) is 6.43 Å². The van der Waals surface area contributed by atoms with Crippen LogP contribution in [0.1, 0.15) is 13.3 Å². The highest BCUT2D eigenvalue weighted by molar-refractivity contribution is 5.83. The lowest BCUT2D eigenvalue weighted by atomic mass is 10.2. The molecule has 1 fully saturated rings. The summed E-state index contributed by atoms with van der Waals surface area (Å²) < 4.78 is 33.9. The molecule has 0 aromatic heterocycles. The molecule has 0 aliphatic heterocycles. The standard InChI is InChI=1S/C8H12F2O3/c1-3-13-7(11)8(12-2)4-5(8)6(9)10/h5-6H,3-4H2,1-2H3/t5?,8-/m1/s1. The minimum absolute atomic E-state index is 0.0556. The predicted octanol–water partition coefficient (Wildman–Crippen LogP) is 1.22. The van der Waals surface area contributed by atoms with Gasteiger partial charge in [-0.2, -0.15) is 0 Å². The highest BCUT2D eigenvalue weighted by Gasteiger charge is 2.66. The van der Waals surface area contributed by atoms with Gasteiger partial charge in [0.1, 0.15) is 0 Å². The van der Waals surface area contributed by atoms with Gasteiger partial charge in [-0.25, -0.2) is 13.6 Å². The van der Waals surface area contributed by atoms with Crippen molar-refractivity contribution in [3.63, 3.8) is 0 Å². The van der Waals surface area contributed by atoms with Gasteiger partial charge in [-0.15, -0.1) is 0 Å². The SMILES string of the molecule is CCOC(=O)[C@@]1(OC)CC1C(F)F. The first kappa shape index (κ1) is 10.4. The molecule has 0 radical (unpaired) electrons. The Labute approximate surface area is 75.0 Å². The predicted molar refractivity (Wildman–Crippen MR) is 40.5 cm³/mol. The Kier molecular flexibility index (Phi) is 2.85. The van der Waals surface area contributed by atoms with E-state index in [9.17, 15) is 13.6 Å². The normalized spacial score (nSPS) is 31.9. The molecule has 1 saturated carbocycles. The summed E-state index contributed by atoms with van der Waals surface area (Å²) in [4.78, 5) is 11.2. The number of carbonyl (C=O) groups excluding carboxylic acids is 1. The number of hydrogen-bond donors (Lipinski definition) is 0. The van der Waals surface area contributed by atoms with E-state index in [0.717, 1.165) is 0 Å². The zero-order chi connectivity index (χ0) is 10.1. The summed E-state index contributed by atoms with van der Waals surface area (Å²) in [5.74, 6) is -1.68. The van der Waals surface area contributed by atoms with Crippen LogP contribution in [-0.4, -0.2) is 31.7 Å². The fourth-order valence-electron chi connectivity index (χ4n) is 1.37. The number of ether oxygens (including phenoxy) is 2. The molecule has 2 atom stereocenters. The molecule has 1 aliphatic carbocycles. The third kappa shape index (κ3) is 1.65. The van der Waals surface area contributed by atoms with E-state index in [0.29, 0.717) is 0 Å². The van der Waals surface area contributed by atoms with E-state index in [1.807, 2.05) is 0 Å². The van der Waals surface area contributed by atoms with E-state index in [4.69, 9.17) is 4.74 Å². The Balaban J connectivity index is 2.59. The minimum atomic E-state index is -2.52. The number of esters is 1. The molecule has 0 bridgehead atoms. The fraction of sp³-hybridized carbons (Fsp3) is 0.875. The third-order valence-corrected chi connectivity index (χ3v) is 2.25. The molecule has 0 heterocycles. The Morgan fingerprint density at radius 3 is 2.62 bits per heavy atom. The van der Waals surface area contributed by atoms with Crippen molar-refractivity contribution in [1.82, 2.24) is 0 Å². The summed E-state index contributed by atoms with van der Waals surface area (Å²) in [6.07, 6.45) is -2.47. The smallest absolute Gasteiger partial charge is 0.338 e. The average Bonchev–Trinajstić information content (AvgIpc) is 2.80. The van der Waals surface area contributed by atoms with Crippen molar-refractivity contribution in [3.05, 3.63) is 0 Å². The molecule has 1 rings (SSSR count). The molecule has 0 amide bonds. The molecule has 3 nitrogen and oxygen atoms in total. The van der Waals surface area contributed by atoms with Crippen molar-refractivity contribution in [2.45, 2.75) is 25.4 Å². The molecule has 1 aliphatic rings. The maximum Gasteiger partial charge on any atom is 0.338 e. The van der Waals surface area contributed by atoms with Gasteiger partial charge in [0.15, 0.2) is 5.60 Å². The first-order chi connectivity index (χ1) is 6.08. The van der Waals surface area contributed by atoms with Gasteiger partial charge in [-0.1, -0.05) is 0 Å². The van der Waals surface area contributed by atoms with Crippen molar-refractivity contribution in [3.8, 4) is 0 Å². The zero-order valence-corrected chi connectivity index (χ0v) is 7.55. The summed E-state index contributed by atoms with van der Waals surface area (Å²) in [7, 11) is 1.25. The van der Waals surface area contributed by atoms with E-state index in [1.54, 1.807) is 6.92 Å². The molecule has 0 aromatic rings. The first-order valence-corrected chi connectivity index (χ1v) is 4.09. The Hall–Kier alpha value is -0.710. The maximum atomic E-state index is 12.2. The van der Waals surface area contributed by atoms with Gasteiger partial charge in [-0.05, 0) is 13.3 Å². The molecule has 1 unspecified atom stereocenters. The van der Waals surface area contributed by atoms with E-state index >= 15 is 0 Å². The van der Waals surface area contributed by atoms with Crippen molar-refractivity contribution >= 4 is 5.97 Å². The van der Waals surface area contributed by atoms with Crippen molar-refractivity contribution in [2.75, 3.05) is 13.7 Å². The number of alkyl halides is 2. The van der Waals surface area contributed by atoms with Crippen LogP contribution in [0.2, 0.25) is 0 Å². The number of carbonyl (C=O) groups is 1. The molecule has 0 spiro atoms. The van der Waals surface area contributed by atoms with Gasteiger partial charge >= 0.3 is 5.97 Å². The molecular weight excluding hydrogens is 182 g/mol. The number of hydrogen-bond acceptors (Lipinski definition) is 3. The van der Waals surface area contributed by atoms with Crippen LogP contribution in [-0.2, 0) is 14.3 Å². The van der Waals surface area contributed by atoms with Gasteiger partial charge in [-0.3, -0.25) is 0 Å². The lowest BCUT2D eigenvalue weighted by Gasteiger charge is -2.13. The second kappa shape index (κ2) is 3.57. The monoisotopic (exact) mass is 194 g/mol. The summed E-state index contributed by atoms with van der Waals surface area (Å²) in [5, 5.41) is 0. The first-order valence-electron chi connectivity index (χ1n) is 4.09. The van der Waals surface area contributed by atoms with Crippen molar-refractivity contribution in [1.29, 1.82) is 0 Å². The van der Waals surface area contributed by atoms with Gasteiger partial charge < -0.3 is 9.47 Å². The van der Waals surface area contributed by atoms with Crippen LogP contribution in [0.4, 0.5) is 8.78 Å². The van der Waals surface area contributed by atoms with Crippen LogP contribution in [0.3, 0.4) is 0 Å². The van der Waals surface area contributed by atoms with E-state index < -0.39 is 23.9 Å². The van der Waals surface area contributed by atoms with Crippen LogP contribution >= 0.6 is 0 Å². The van der Waals surface area contributed by atoms with E-state index in [1.165, 1.54) is 7.11 Å². The second-order valence-electron chi connectivity index (χ2n) is 2.96. The number of halogens is 2. The Morgan fingerprint density at radius 1 is 1.69 bits per heavy atom. The zero-order valence-electron chi connectivity index (χ0n) is 7.55. The molecule has 0 N–H and O–H groups in total. The van der Waals surface area contributed by atoms with Crippen molar-refractivity contribution < 1.29 is 23.0 Å². The quantitative estimate of drug-likeness (QED) is 0.631. The molecular formula is C8H12F2O3. The summed E-state index contributed by atoms with van der Waals surface area (Å²) >= 11 is 0. The minimum Gasteiger partial charge on any atom is -0.464 e. The van der Waals surface area contributed by atoms with Crippen LogP contribution in [0.25, 0.3) is 0 Å². The van der Waals surface area contributed by atoms with Gasteiger partial charge in [0.05, 0.1) is 12.5 Å². The Morgan fingerprint density at radius 2 is 2.31 bits per heavy atom. The molecule has 0 saturated heterocycles. The maximum absolute atomic E-state index is 12.2. The summed E-state index contributed by atoms with van der Waals surface area (Å²) in [6, 6.07) is 0. The van der Waals surface area contributed by atoms with Crippen LogP contribution < -0.4 is 0 Å². The number of rotatable bonds is 4. The van der Waals surface area contributed by atoms with Crippen LogP contribution in [0.15, 0.2) is 0 Å². The van der Waals surface area contributed by atoms with Crippen LogP contribution in [0.5, 0.6) is 0 Å². The summed E-state index contributed by atoms with van der Waals surface area (Å²) in [6.45, 7) is 1.81. The second-order valence-corrected chi connectivity index (χ2v) is 2.96. The van der Waals surface area contributed by atoms with E-state index in [-0.39, 0.29) is 13.0 Å². The van der Waals surface area contributed by atoms with Gasteiger partial charge in [0.25, 0.3) is 0 Å². The van der Waals surface area contributed by atoms with E-state index in [2.05, 4.69) is 4.74 Å². The topological polar surface area (TPSA) is 35.5 Å². The fourth-order valence-corrected chi connectivity index (χ4v) is 1.37. The number of methoxy groups -OCH3 is 1. The lowest BCUT2D eigenvalue weighted by molar-refractivity contribution is -0.160. The third-order valence-electron chi connectivity index (χ3n) is 2.25. The summed E-state index contributed by atoms with van der Waals surface area (Å²) in [5.41, 5.74) is -1.37.